The molecule has 1 saturated heterocycles. The first-order chi connectivity index (χ1) is 9.95. The van der Waals surface area contributed by atoms with E-state index in [4.69, 9.17) is 5.26 Å². The molecule has 0 aromatic carbocycles. The van der Waals surface area contributed by atoms with Crippen molar-refractivity contribution in [3.63, 3.8) is 0 Å². The summed E-state index contributed by atoms with van der Waals surface area (Å²) in [5.41, 5.74) is 0.611. The molecule has 2 unspecified atom stereocenters. The van der Waals surface area contributed by atoms with Gasteiger partial charge >= 0.3 is 0 Å². The molecule has 0 spiro atoms. The van der Waals surface area contributed by atoms with Crippen LogP contribution in [-0.4, -0.2) is 41.6 Å². The summed E-state index contributed by atoms with van der Waals surface area (Å²) >= 11 is 0. The first kappa shape index (κ1) is 14.8. The molecule has 2 atom stereocenters. The van der Waals surface area contributed by atoms with Crippen LogP contribution in [0.15, 0.2) is 0 Å². The van der Waals surface area contributed by atoms with Gasteiger partial charge in [0, 0.05) is 12.0 Å². The Morgan fingerprint density at radius 1 is 1.33 bits per heavy atom. The van der Waals surface area contributed by atoms with Crippen molar-refractivity contribution in [1.29, 1.82) is 5.26 Å². The van der Waals surface area contributed by atoms with Crippen molar-refractivity contribution in [2.24, 2.45) is 5.41 Å². The van der Waals surface area contributed by atoms with Gasteiger partial charge in [-0.1, -0.05) is 6.92 Å². The van der Waals surface area contributed by atoms with Crippen LogP contribution in [0.1, 0.15) is 51.9 Å². The molecule has 4 rings (SSSR count). The summed E-state index contributed by atoms with van der Waals surface area (Å²) in [4.78, 5) is 13.7. The number of alkyl halides is 1. The number of rotatable bonds is 3. The van der Waals surface area contributed by atoms with Crippen molar-refractivity contribution in [3.05, 3.63) is 0 Å². The third-order valence-electron chi connectivity index (χ3n) is 5.96. The number of carbonyl (C=O) groups excluding carboxylic acids is 1. The fourth-order valence-corrected chi connectivity index (χ4v) is 4.19. The van der Waals surface area contributed by atoms with E-state index in [0.717, 1.165) is 19.3 Å². The molecule has 1 aliphatic heterocycles. The first-order valence-electron chi connectivity index (χ1n) is 8.04. The van der Waals surface area contributed by atoms with E-state index in [1.54, 1.807) is 0 Å². The number of likely N-dealkylation sites (tertiary alicyclic amines) is 1. The Hall–Kier alpha value is -1.15. The molecule has 1 heterocycles. The van der Waals surface area contributed by atoms with E-state index < -0.39 is 12.2 Å². The number of hydrogen-bond acceptors (Lipinski definition) is 3. The molecule has 4 fully saturated rings. The van der Waals surface area contributed by atoms with Crippen LogP contribution in [0.3, 0.4) is 0 Å². The van der Waals surface area contributed by atoms with Crippen molar-refractivity contribution in [3.8, 4) is 6.07 Å². The number of hydrogen-bond donors (Lipinski definition) is 1. The third-order valence-corrected chi connectivity index (χ3v) is 5.96. The van der Waals surface area contributed by atoms with E-state index in [0.29, 0.717) is 5.41 Å². The zero-order valence-corrected chi connectivity index (χ0v) is 12.7. The molecular weight excluding hydrogens is 269 g/mol. The topological polar surface area (TPSA) is 56.1 Å². The predicted molar refractivity (Wildman–Crippen MR) is 77.2 cm³/mol. The Kier molecular flexibility index (Phi) is 3.69. The highest BCUT2D eigenvalue weighted by atomic mass is 19.1. The zero-order chi connectivity index (χ0) is 15.1. The number of nitriles is 1. The lowest BCUT2D eigenvalue weighted by atomic mass is 9.58. The molecular formula is C16H24FN3O. The number of halogens is 1. The summed E-state index contributed by atoms with van der Waals surface area (Å²) in [5, 5.41) is 12.5. The molecule has 1 amide bonds. The summed E-state index contributed by atoms with van der Waals surface area (Å²) in [6.45, 7) is 2.68. The lowest BCUT2D eigenvalue weighted by molar-refractivity contribution is -0.131. The summed E-state index contributed by atoms with van der Waals surface area (Å²) in [7, 11) is 0. The maximum Gasteiger partial charge on any atom is 0.237 e. The van der Waals surface area contributed by atoms with Gasteiger partial charge in [-0.05, 0) is 43.9 Å². The van der Waals surface area contributed by atoms with E-state index in [-0.39, 0.29) is 31.0 Å². The van der Waals surface area contributed by atoms with E-state index in [2.05, 4.69) is 12.2 Å². The lowest BCUT2D eigenvalue weighted by Crippen LogP contribution is -2.56. The minimum atomic E-state index is -1.05. The summed E-state index contributed by atoms with van der Waals surface area (Å²) in [5.74, 6) is -0.130. The van der Waals surface area contributed by atoms with Crippen LogP contribution in [0.25, 0.3) is 0 Å². The largest absolute Gasteiger partial charge is 0.323 e. The lowest BCUT2D eigenvalue weighted by Gasteiger charge is -2.52. The molecule has 5 heteroatoms. The number of amides is 1. The fraction of sp³-hybridized carbons (Fsp3) is 0.875. The van der Waals surface area contributed by atoms with Gasteiger partial charge in [0.2, 0.25) is 5.91 Å². The Balaban J connectivity index is 1.56. The van der Waals surface area contributed by atoms with E-state index in [1.165, 1.54) is 24.2 Å². The SMILES string of the molecule is CC12CCC(NCC(=O)N3CC(F)CC3C#N)(CC1)CC2. The maximum atomic E-state index is 13.4. The Morgan fingerprint density at radius 3 is 2.52 bits per heavy atom. The highest BCUT2D eigenvalue weighted by Crippen LogP contribution is 2.51. The van der Waals surface area contributed by atoms with Crippen LogP contribution >= 0.6 is 0 Å². The van der Waals surface area contributed by atoms with Crippen LogP contribution < -0.4 is 5.32 Å². The molecule has 21 heavy (non-hydrogen) atoms. The molecule has 1 N–H and O–H groups in total. The molecule has 0 radical (unpaired) electrons. The van der Waals surface area contributed by atoms with Crippen molar-refractivity contribution in [2.75, 3.05) is 13.1 Å². The number of nitrogens with zero attached hydrogens (tertiary/aromatic N) is 2. The molecule has 4 aliphatic rings. The van der Waals surface area contributed by atoms with Crippen LogP contribution in [0.4, 0.5) is 4.39 Å². The van der Waals surface area contributed by atoms with Gasteiger partial charge in [-0.3, -0.25) is 4.79 Å². The van der Waals surface area contributed by atoms with Crippen LogP contribution in [0.2, 0.25) is 0 Å². The molecule has 4 nitrogen and oxygen atoms in total. The van der Waals surface area contributed by atoms with Crippen LogP contribution in [0, 0.1) is 16.7 Å². The predicted octanol–water partition coefficient (Wildman–Crippen LogP) is 2.15. The minimum absolute atomic E-state index is 0.0732. The number of nitrogens with one attached hydrogen (secondary N) is 1. The average Bonchev–Trinajstić information content (AvgIpc) is 2.88. The molecule has 2 bridgehead atoms. The van der Waals surface area contributed by atoms with E-state index in [9.17, 15) is 9.18 Å². The van der Waals surface area contributed by atoms with Gasteiger partial charge in [0.1, 0.15) is 12.2 Å². The Bertz CT molecular complexity index is 448. The highest BCUT2D eigenvalue weighted by Gasteiger charge is 2.46. The van der Waals surface area contributed by atoms with Gasteiger partial charge in [-0.15, -0.1) is 0 Å². The smallest absolute Gasteiger partial charge is 0.237 e. The number of carbonyl (C=O) groups is 1. The maximum absolute atomic E-state index is 13.4. The van der Waals surface area contributed by atoms with Gasteiger partial charge in [-0.2, -0.15) is 5.26 Å². The number of fused-ring (bicyclic) bond motifs is 3. The van der Waals surface area contributed by atoms with Gasteiger partial charge in [0.15, 0.2) is 0 Å². The van der Waals surface area contributed by atoms with Crippen molar-refractivity contribution in [2.45, 2.75) is 69.6 Å². The van der Waals surface area contributed by atoms with Gasteiger partial charge < -0.3 is 10.2 Å². The normalized spacial score (nSPS) is 42.0. The molecule has 116 valence electrons. The monoisotopic (exact) mass is 293 g/mol. The third kappa shape index (κ3) is 2.78. The van der Waals surface area contributed by atoms with Crippen molar-refractivity contribution < 1.29 is 9.18 Å². The Morgan fingerprint density at radius 2 is 1.95 bits per heavy atom. The van der Waals surface area contributed by atoms with Crippen LogP contribution in [-0.2, 0) is 4.79 Å². The second kappa shape index (κ2) is 5.24. The Labute approximate surface area is 125 Å². The molecule has 0 aromatic heterocycles. The van der Waals surface area contributed by atoms with Gasteiger partial charge in [0.25, 0.3) is 0 Å². The summed E-state index contributed by atoms with van der Waals surface area (Å²) in [6, 6.07) is 1.45. The fourth-order valence-electron chi connectivity index (χ4n) is 4.19. The summed E-state index contributed by atoms with van der Waals surface area (Å²) in [6.07, 6.45) is 6.17. The highest BCUT2D eigenvalue weighted by molar-refractivity contribution is 5.79. The minimum Gasteiger partial charge on any atom is -0.323 e. The van der Waals surface area contributed by atoms with E-state index >= 15 is 0 Å². The average molecular weight is 293 g/mol. The second-order valence-electron chi connectivity index (χ2n) is 7.47. The van der Waals surface area contributed by atoms with Gasteiger partial charge in [0.05, 0.1) is 19.2 Å². The standard InChI is InChI=1S/C16H24FN3O/c1-15-2-5-16(6-3-15,7-4-15)19-10-14(21)20-11-12(17)8-13(20)9-18/h12-13,19H,2-8,10-11H2,1H3. The zero-order valence-electron chi connectivity index (χ0n) is 12.7. The molecule has 3 saturated carbocycles. The van der Waals surface area contributed by atoms with Crippen LogP contribution in [0.5, 0.6) is 0 Å². The second-order valence-corrected chi connectivity index (χ2v) is 7.47. The van der Waals surface area contributed by atoms with E-state index in [1.807, 2.05) is 6.07 Å². The molecule has 0 aromatic rings. The molecule has 3 aliphatic carbocycles. The first-order valence-corrected chi connectivity index (χ1v) is 8.04. The quantitative estimate of drug-likeness (QED) is 0.867. The van der Waals surface area contributed by atoms with Crippen molar-refractivity contribution >= 4 is 5.91 Å². The summed E-state index contributed by atoms with van der Waals surface area (Å²) < 4.78 is 13.4. The van der Waals surface area contributed by atoms with Crippen molar-refractivity contribution in [1.82, 2.24) is 10.2 Å². The van der Waals surface area contributed by atoms with Gasteiger partial charge in [-0.25, -0.2) is 4.39 Å².